The van der Waals surface area contributed by atoms with Crippen LogP contribution in [0.1, 0.15) is 46.0 Å². The van der Waals surface area contributed by atoms with Gasteiger partial charge < -0.3 is 5.11 Å². The standard InChI is InChI=1S/C12H23O/c1-4-7-8-10-11(9-5-2)12(13)6-3/h7-8,11-13H,1,4-6,9-10H2,2-3H3. The van der Waals surface area contributed by atoms with Crippen molar-refractivity contribution in [2.75, 3.05) is 0 Å². The van der Waals surface area contributed by atoms with Gasteiger partial charge in [0.15, 0.2) is 0 Å². The van der Waals surface area contributed by atoms with E-state index in [0.29, 0.717) is 5.92 Å². The summed E-state index contributed by atoms with van der Waals surface area (Å²) in [5.41, 5.74) is 0. The lowest BCUT2D eigenvalue weighted by molar-refractivity contribution is 0.0993. The van der Waals surface area contributed by atoms with Crippen molar-refractivity contribution in [2.45, 2.75) is 52.1 Å². The summed E-state index contributed by atoms with van der Waals surface area (Å²) in [7, 11) is 0. The van der Waals surface area contributed by atoms with E-state index in [9.17, 15) is 5.11 Å². The van der Waals surface area contributed by atoms with Gasteiger partial charge in [-0.25, -0.2) is 0 Å². The summed E-state index contributed by atoms with van der Waals surface area (Å²) >= 11 is 0. The van der Waals surface area contributed by atoms with E-state index in [4.69, 9.17) is 0 Å². The molecule has 0 aromatic rings. The van der Waals surface area contributed by atoms with E-state index in [2.05, 4.69) is 26.0 Å². The molecule has 0 aromatic carbocycles. The Morgan fingerprint density at radius 3 is 2.46 bits per heavy atom. The molecule has 0 amide bonds. The van der Waals surface area contributed by atoms with Gasteiger partial charge in [0.2, 0.25) is 0 Å². The first-order chi connectivity index (χ1) is 6.26. The Kier molecular flexibility index (Phi) is 8.11. The second-order valence-corrected chi connectivity index (χ2v) is 3.52. The van der Waals surface area contributed by atoms with Gasteiger partial charge in [0.25, 0.3) is 0 Å². The average molecular weight is 183 g/mol. The zero-order chi connectivity index (χ0) is 10.1. The molecule has 1 heteroatoms. The average Bonchev–Trinajstić information content (AvgIpc) is 2.16. The molecule has 0 aliphatic rings. The lowest BCUT2D eigenvalue weighted by Crippen LogP contribution is -2.18. The Bertz CT molecular complexity index is 129. The third kappa shape index (κ3) is 5.87. The van der Waals surface area contributed by atoms with Gasteiger partial charge in [-0.3, -0.25) is 0 Å². The number of hydrogen-bond donors (Lipinski definition) is 1. The number of aliphatic hydroxyl groups excluding tert-OH is 1. The van der Waals surface area contributed by atoms with E-state index < -0.39 is 0 Å². The molecule has 13 heavy (non-hydrogen) atoms. The predicted octanol–water partition coefficient (Wildman–Crippen LogP) is 3.34. The van der Waals surface area contributed by atoms with Gasteiger partial charge in [-0.05, 0) is 38.5 Å². The molecule has 1 nitrogen and oxygen atoms in total. The van der Waals surface area contributed by atoms with Gasteiger partial charge in [0.05, 0.1) is 6.10 Å². The molecular formula is C12H23O. The van der Waals surface area contributed by atoms with Crippen molar-refractivity contribution >= 4 is 0 Å². The zero-order valence-corrected chi connectivity index (χ0v) is 9.00. The molecule has 1 N–H and O–H groups in total. The second kappa shape index (κ2) is 8.31. The summed E-state index contributed by atoms with van der Waals surface area (Å²) < 4.78 is 0. The first-order valence-corrected chi connectivity index (χ1v) is 5.38. The number of rotatable bonds is 7. The van der Waals surface area contributed by atoms with E-state index in [1.54, 1.807) is 0 Å². The SMILES string of the molecule is [CH2]CC=CCC(CCC)C(O)CC. The maximum atomic E-state index is 9.70. The van der Waals surface area contributed by atoms with Crippen LogP contribution in [0.5, 0.6) is 0 Å². The third-order valence-electron chi connectivity index (χ3n) is 2.39. The molecule has 0 saturated heterocycles. The Morgan fingerprint density at radius 2 is 2.00 bits per heavy atom. The second-order valence-electron chi connectivity index (χ2n) is 3.52. The van der Waals surface area contributed by atoms with Gasteiger partial charge in [-0.1, -0.05) is 32.4 Å². The van der Waals surface area contributed by atoms with Crippen LogP contribution in [0.25, 0.3) is 0 Å². The maximum Gasteiger partial charge on any atom is 0.0568 e. The molecule has 0 bridgehead atoms. The van der Waals surface area contributed by atoms with E-state index in [1.165, 1.54) is 0 Å². The quantitative estimate of drug-likeness (QED) is 0.600. The highest BCUT2D eigenvalue weighted by Gasteiger charge is 2.14. The lowest BCUT2D eigenvalue weighted by atomic mass is 9.92. The van der Waals surface area contributed by atoms with Crippen LogP contribution in [0.2, 0.25) is 0 Å². The summed E-state index contributed by atoms with van der Waals surface area (Å²) in [5, 5.41) is 9.70. The molecule has 2 unspecified atom stereocenters. The molecule has 0 spiro atoms. The Hall–Kier alpha value is -0.300. The smallest absolute Gasteiger partial charge is 0.0568 e. The molecule has 0 aliphatic heterocycles. The summed E-state index contributed by atoms with van der Waals surface area (Å²) in [5.74, 6) is 0.442. The third-order valence-corrected chi connectivity index (χ3v) is 2.39. The van der Waals surface area contributed by atoms with Gasteiger partial charge in [-0.15, -0.1) is 0 Å². The highest BCUT2D eigenvalue weighted by atomic mass is 16.3. The summed E-state index contributed by atoms with van der Waals surface area (Å²) in [4.78, 5) is 0. The van der Waals surface area contributed by atoms with Crippen LogP contribution < -0.4 is 0 Å². The lowest BCUT2D eigenvalue weighted by Gasteiger charge is -2.19. The Morgan fingerprint density at radius 1 is 1.31 bits per heavy atom. The Labute approximate surface area is 82.9 Å². The molecule has 0 heterocycles. The number of aliphatic hydroxyl groups is 1. The molecule has 0 aromatic heterocycles. The van der Waals surface area contributed by atoms with Gasteiger partial charge >= 0.3 is 0 Å². The minimum atomic E-state index is -0.130. The highest BCUT2D eigenvalue weighted by molar-refractivity contribution is 4.86. The molecular weight excluding hydrogens is 160 g/mol. The number of hydrogen-bond acceptors (Lipinski definition) is 1. The van der Waals surface area contributed by atoms with Crippen molar-refractivity contribution in [3.63, 3.8) is 0 Å². The zero-order valence-electron chi connectivity index (χ0n) is 9.00. The molecule has 77 valence electrons. The molecule has 2 atom stereocenters. The van der Waals surface area contributed by atoms with Crippen LogP contribution in [0.15, 0.2) is 12.2 Å². The summed E-state index contributed by atoms with van der Waals surface area (Å²) in [6.45, 7) is 7.95. The van der Waals surface area contributed by atoms with Crippen molar-refractivity contribution in [3.8, 4) is 0 Å². The molecule has 0 fully saturated rings. The van der Waals surface area contributed by atoms with Crippen LogP contribution >= 0.6 is 0 Å². The van der Waals surface area contributed by atoms with Crippen molar-refractivity contribution in [3.05, 3.63) is 19.1 Å². The first-order valence-electron chi connectivity index (χ1n) is 5.38. The summed E-state index contributed by atoms with van der Waals surface area (Å²) in [6, 6.07) is 0. The molecule has 1 radical (unpaired) electrons. The van der Waals surface area contributed by atoms with Crippen molar-refractivity contribution in [1.82, 2.24) is 0 Å². The highest BCUT2D eigenvalue weighted by Crippen LogP contribution is 2.18. The fourth-order valence-electron chi connectivity index (χ4n) is 1.56. The van der Waals surface area contributed by atoms with Crippen molar-refractivity contribution < 1.29 is 5.11 Å². The van der Waals surface area contributed by atoms with Crippen LogP contribution in [0, 0.1) is 12.8 Å². The van der Waals surface area contributed by atoms with Crippen molar-refractivity contribution in [2.24, 2.45) is 5.92 Å². The molecule has 0 rings (SSSR count). The van der Waals surface area contributed by atoms with Gasteiger partial charge in [0.1, 0.15) is 0 Å². The fraction of sp³-hybridized carbons (Fsp3) is 0.750. The predicted molar refractivity (Wildman–Crippen MR) is 58.4 cm³/mol. The van der Waals surface area contributed by atoms with Crippen LogP contribution in [0.3, 0.4) is 0 Å². The normalized spacial score (nSPS) is 16.3. The fourth-order valence-corrected chi connectivity index (χ4v) is 1.56. The molecule has 0 aliphatic carbocycles. The van der Waals surface area contributed by atoms with Crippen molar-refractivity contribution in [1.29, 1.82) is 0 Å². The molecule has 0 saturated carbocycles. The minimum Gasteiger partial charge on any atom is -0.393 e. The largest absolute Gasteiger partial charge is 0.393 e. The van der Waals surface area contributed by atoms with Gasteiger partial charge in [0, 0.05) is 0 Å². The van der Waals surface area contributed by atoms with E-state index in [0.717, 1.165) is 32.1 Å². The topological polar surface area (TPSA) is 20.2 Å². The maximum absolute atomic E-state index is 9.70. The minimum absolute atomic E-state index is 0.130. The first kappa shape index (κ1) is 12.7. The summed E-state index contributed by atoms with van der Waals surface area (Å²) in [6.07, 6.45) is 9.07. The van der Waals surface area contributed by atoms with E-state index in [-0.39, 0.29) is 6.10 Å². The van der Waals surface area contributed by atoms with Crippen LogP contribution in [-0.4, -0.2) is 11.2 Å². The number of allylic oxidation sites excluding steroid dienone is 2. The Balaban J connectivity index is 3.85. The van der Waals surface area contributed by atoms with Crippen LogP contribution in [0.4, 0.5) is 0 Å². The monoisotopic (exact) mass is 183 g/mol. The van der Waals surface area contributed by atoms with Crippen LogP contribution in [-0.2, 0) is 0 Å². The van der Waals surface area contributed by atoms with E-state index in [1.807, 2.05) is 6.92 Å². The van der Waals surface area contributed by atoms with Gasteiger partial charge in [-0.2, -0.15) is 0 Å². The van der Waals surface area contributed by atoms with E-state index >= 15 is 0 Å².